The fourth-order valence-electron chi connectivity index (χ4n) is 3.32. The lowest BCUT2D eigenvalue weighted by molar-refractivity contribution is 0.0697. The minimum Gasteiger partial charge on any atom is -0.478 e. The van der Waals surface area contributed by atoms with E-state index in [4.69, 9.17) is 0 Å². The summed E-state index contributed by atoms with van der Waals surface area (Å²) in [6.45, 7) is 4.83. The fraction of sp³-hybridized carbons (Fsp3) is 0.450. The molecule has 2 N–H and O–H groups in total. The van der Waals surface area contributed by atoms with Gasteiger partial charge in [0.1, 0.15) is 0 Å². The van der Waals surface area contributed by atoms with Gasteiger partial charge in [0.2, 0.25) is 0 Å². The summed E-state index contributed by atoms with van der Waals surface area (Å²) in [5, 5.41) is 12.6. The third-order valence-electron chi connectivity index (χ3n) is 4.46. The van der Waals surface area contributed by atoms with Gasteiger partial charge in [0, 0.05) is 17.8 Å². The molecule has 3 heteroatoms. The summed E-state index contributed by atoms with van der Waals surface area (Å²) in [4.78, 5) is 11.3. The van der Waals surface area contributed by atoms with Gasteiger partial charge in [-0.15, -0.1) is 0 Å². The largest absolute Gasteiger partial charge is 0.478 e. The van der Waals surface area contributed by atoms with Gasteiger partial charge in [0.25, 0.3) is 0 Å². The van der Waals surface area contributed by atoms with Gasteiger partial charge >= 0.3 is 5.97 Å². The van der Waals surface area contributed by atoms with E-state index in [9.17, 15) is 9.90 Å². The maximum Gasteiger partial charge on any atom is 0.335 e. The fourth-order valence-corrected chi connectivity index (χ4v) is 3.32. The Labute approximate surface area is 139 Å². The average Bonchev–Trinajstić information content (AvgIpc) is 2.57. The number of benzene rings is 1. The number of carboxylic acids is 1. The van der Waals surface area contributed by atoms with E-state index in [1.165, 1.54) is 37.7 Å². The third kappa shape index (κ3) is 4.47. The number of rotatable bonds is 6. The molecule has 23 heavy (non-hydrogen) atoms. The molecule has 2 rings (SSSR count). The lowest BCUT2D eigenvalue weighted by Gasteiger charge is -2.26. The van der Waals surface area contributed by atoms with Crippen LogP contribution in [0.4, 0.5) is 5.69 Å². The van der Waals surface area contributed by atoms with Crippen molar-refractivity contribution in [3.8, 4) is 0 Å². The van der Waals surface area contributed by atoms with Crippen molar-refractivity contribution >= 4 is 17.2 Å². The van der Waals surface area contributed by atoms with Gasteiger partial charge in [-0.25, -0.2) is 4.79 Å². The topological polar surface area (TPSA) is 49.3 Å². The first-order valence-electron chi connectivity index (χ1n) is 8.61. The molecule has 1 aromatic carbocycles. The standard InChI is InChI=1S/C20H27NO2/c1-3-5-11-17(15-9-7-6-8-10-15)18-13-12-16(20(22)23)14-19(18)21-4-2/h3,5,11-15,21H,4,6-10H2,1-2H3,(H,22,23)/b5-3+,17-11+. The molecular weight excluding hydrogens is 286 g/mol. The van der Waals surface area contributed by atoms with Crippen molar-refractivity contribution in [3.63, 3.8) is 0 Å². The van der Waals surface area contributed by atoms with Crippen LogP contribution >= 0.6 is 0 Å². The summed E-state index contributed by atoms with van der Waals surface area (Å²) >= 11 is 0. The predicted molar refractivity (Wildman–Crippen MR) is 96.9 cm³/mol. The van der Waals surface area contributed by atoms with E-state index in [0.717, 1.165) is 17.8 Å². The normalized spacial score (nSPS) is 16.7. The maximum absolute atomic E-state index is 11.3. The summed E-state index contributed by atoms with van der Waals surface area (Å²) in [5.41, 5.74) is 3.73. The number of carboxylic acid groups (broad SMARTS) is 1. The van der Waals surface area contributed by atoms with Crippen LogP contribution in [0, 0.1) is 5.92 Å². The summed E-state index contributed by atoms with van der Waals surface area (Å²) in [6, 6.07) is 5.43. The minimum atomic E-state index is -0.882. The third-order valence-corrected chi connectivity index (χ3v) is 4.46. The molecule has 0 spiro atoms. The molecular formula is C20H27NO2. The van der Waals surface area contributed by atoms with E-state index in [-0.39, 0.29) is 0 Å². The van der Waals surface area contributed by atoms with Gasteiger partial charge in [-0.3, -0.25) is 0 Å². The highest BCUT2D eigenvalue weighted by Crippen LogP contribution is 2.38. The summed E-state index contributed by atoms with van der Waals surface area (Å²) in [7, 11) is 0. The van der Waals surface area contributed by atoms with Gasteiger partial charge in [-0.2, -0.15) is 0 Å². The van der Waals surface area contributed by atoms with Gasteiger partial charge in [0.05, 0.1) is 5.56 Å². The lowest BCUT2D eigenvalue weighted by Crippen LogP contribution is -2.11. The molecule has 1 aliphatic carbocycles. The predicted octanol–water partition coefficient (Wildman–Crippen LogP) is 5.36. The van der Waals surface area contributed by atoms with Gasteiger partial charge < -0.3 is 10.4 Å². The first-order chi connectivity index (χ1) is 11.2. The molecule has 0 unspecified atom stereocenters. The van der Waals surface area contributed by atoms with Crippen LogP contribution in [0.5, 0.6) is 0 Å². The molecule has 1 aliphatic rings. The van der Waals surface area contributed by atoms with Gasteiger partial charge in [-0.1, -0.05) is 43.6 Å². The van der Waals surface area contributed by atoms with E-state index in [1.54, 1.807) is 12.1 Å². The van der Waals surface area contributed by atoms with E-state index < -0.39 is 5.97 Å². The molecule has 1 saturated carbocycles. The van der Waals surface area contributed by atoms with Crippen LogP contribution in [-0.2, 0) is 0 Å². The Kier molecular flexibility index (Phi) is 6.45. The second kappa shape index (κ2) is 8.56. The number of aromatic carboxylic acids is 1. The van der Waals surface area contributed by atoms with Crippen molar-refractivity contribution < 1.29 is 9.90 Å². The number of nitrogens with one attached hydrogen (secondary N) is 1. The van der Waals surface area contributed by atoms with Crippen LogP contribution in [0.1, 0.15) is 61.9 Å². The molecule has 0 heterocycles. The highest BCUT2D eigenvalue weighted by molar-refractivity contribution is 5.91. The molecule has 0 aromatic heterocycles. The molecule has 0 amide bonds. The first-order valence-corrected chi connectivity index (χ1v) is 8.61. The molecule has 0 aliphatic heterocycles. The Hall–Kier alpha value is -2.03. The molecule has 124 valence electrons. The molecule has 0 atom stereocenters. The first kappa shape index (κ1) is 17.3. The van der Waals surface area contributed by atoms with Gasteiger partial charge in [-0.05, 0) is 50.3 Å². The summed E-state index contributed by atoms with van der Waals surface area (Å²) in [5.74, 6) is -0.319. The van der Waals surface area contributed by atoms with Crippen molar-refractivity contribution in [2.45, 2.75) is 46.0 Å². The molecule has 1 fully saturated rings. The Balaban J connectivity index is 2.45. The highest BCUT2D eigenvalue weighted by Gasteiger charge is 2.21. The molecule has 1 aromatic rings. The lowest BCUT2D eigenvalue weighted by atomic mass is 9.80. The number of anilines is 1. The SMILES string of the molecule is C/C=C/C=C(/c1ccc(C(=O)O)cc1NCC)C1CCCCC1. The van der Waals surface area contributed by atoms with Crippen LogP contribution in [0.3, 0.4) is 0 Å². The van der Waals surface area contributed by atoms with Crippen molar-refractivity contribution in [2.75, 3.05) is 11.9 Å². The smallest absolute Gasteiger partial charge is 0.335 e. The number of hydrogen-bond donors (Lipinski definition) is 2. The quantitative estimate of drug-likeness (QED) is 0.695. The number of hydrogen-bond acceptors (Lipinski definition) is 2. The van der Waals surface area contributed by atoms with Crippen LogP contribution in [0.2, 0.25) is 0 Å². The van der Waals surface area contributed by atoms with Gasteiger partial charge in [0.15, 0.2) is 0 Å². The van der Waals surface area contributed by atoms with Crippen LogP contribution in [-0.4, -0.2) is 17.6 Å². The zero-order valence-electron chi connectivity index (χ0n) is 14.1. The van der Waals surface area contributed by atoms with E-state index >= 15 is 0 Å². The molecule has 3 nitrogen and oxygen atoms in total. The zero-order valence-corrected chi connectivity index (χ0v) is 14.1. The number of carbonyl (C=O) groups is 1. The zero-order chi connectivity index (χ0) is 16.7. The maximum atomic E-state index is 11.3. The van der Waals surface area contributed by atoms with Crippen molar-refractivity contribution in [3.05, 3.63) is 47.6 Å². The molecule has 0 radical (unpaired) electrons. The van der Waals surface area contributed by atoms with Crippen molar-refractivity contribution in [1.29, 1.82) is 0 Å². The van der Waals surface area contributed by atoms with E-state index in [2.05, 4.69) is 17.5 Å². The number of allylic oxidation sites excluding steroid dienone is 4. The summed E-state index contributed by atoms with van der Waals surface area (Å²) < 4.78 is 0. The second-order valence-corrected chi connectivity index (χ2v) is 6.08. The monoisotopic (exact) mass is 313 g/mol. The van der Waals surface area contributed by atoms with Crippen LogP contribution in [0.25, 0.3) is 5.57 Å². The second-order valence-electron chi connectivity index (χ2n) is 6.08. The highest BCUT2D eigenvalue weighted by atomic mass is 16.4. The van der Waals surface area contributed by atoms with Crippen LogP contribution < -0.4 is 5.32 Å². The molecule has 0 bridgehead atoms. The Morgan fingerprint density at radius 2 is 2.04 bits per heavy atom. The Bertz CT molecular complexity index is 596. The van der Waals surface area contributed by atoms with Crippen molar-refractivity contribution in [1.82, 2.24) is 0 Å². The molecule has 0 saturated heterocycles. The van der Waals surface area contributed by atoms with E-state index in [1.807, 2.05) is 26.0 Å². The minimum absolute atomic E-state index is 0.332. The summed E-state index contributed by atoms with van der Waals surface area (Å²) in [6.07, 6.45) is 12.7. The average molecular weight is 313 g/mol. The Morgan fingerprint density at radius 1 is 1.30 bits per heavy atom. The van der Waals surface area contributed by atoms with E-state index in [0.29, 0.717) is 11.5 Å². The Morgan fingerprint density at radius 3 is 2.65 bits per heavy atom. The van der Waals surface area contributed by atoms with Crippen LogP contribution in [0.15, 0.2) is 36.4 Å². The van der Waals surface area contributed by atoms with Crippen molar-refractivity contribution in [2.24, 2.45) is 5.92 Å².